The molecular weight excluding hydrogens is 140 g/mol. The van der Waals surface area contributed by atoms with E-state index in [0.29, 0.717) is 0 Å². The Morgan fingerprint density at radius 2 is 1.17 bits per heavy atom. The molecule has 0 aliphatic heterocycles. The van der Waals surface area contributed by atoms with E-state index in [1.807, 2.05) is 0 Å². The molecule has 6 heavy (non-hydrogen) atoms. The first-order valence-corrected chi connectivity index (χ1v) is 2.19. The normalized spacial score (nSPS) is 9.83. The predicted molar refractivity (Wildman–Crippen MR) is 7.61 cm³/mol. The fourth-order valence-corrected chi connectivity index (χ4v) is 0. The van der Waals surface area contributed by atoms with Gasteiger partial charge in [-0.2, -0.15) is 7.82 Å². The molecule has 0 atom stereocenters. The Morgan fingerprint density at radius 3 is 1.17 bits per heavy atom. The van der Waals surface area contributed by atoms with Gasteiger partial charge in [-0.1, -0.05) is 0 Å². The average molecular weight is 140 g/mol. The van der Waals surface area contributed by atoms with Gasteiger partial charge in [-0.05, 0) is 0 Å². The molecule has 0 N–H and O–H groups in total. The van der Waals surface area contributed by atoms with E-state index in [1.165, 1.54) is 0 Å². The summed E-state index contributed by atoms with van der Waals surface area (Å²) in [5.41, 5.74) is 0. The second-order valence-electron chi connectivity index (χ2n) is 0.447. The molecule has 0 saturated heterocycles. The molecule has 0 saturated carbocycles. The van der Waals surface area contributed by atoms with E-state index in [-0.39, 0.29) is 25.8 Å². The van der Waals surface area contributed by atoms with Crippen LogP contribution in [0.25, 0.3) is 0 Å². The van der Waals surface area contributed by atoms with Crippen LogP contribution in [-0.4, -0.2) is 0 Å². The van der Waals surface area contributed by atoms with E-state index in [9.17, 15) is 0 Å². The minimum Gasteiger partial charge on any atom is -0.822 e. The van der Waals surface area contributed by atoms with Crippen LogP contribution in [0, 0.1) is 0 Å². The summed E-state index contributed by atoms with van der Waals surface area (Å²) in [5, 5.41) is 0. The van der Waals surface area contributed by atoms with E-state index >= 15 is 0 Å². The summed E-state index contributed by atoms with van der Waals surface area (Å²) < 4.78 is 8.55. The third-order valence-electron chi connectivity index (χ3n) is 0. The standard InChI is InChI=1S/H3O4P.Sc/c1-5(2,3)4;/h(H3,1,2,3,4);/p-3. The Kier molecular flexibility index (Phi) is 5.11. The fraction of sp³-hybridized carbons (Fsp3) is 0. The van der Waals surface area contributed by atoms with Gasteiger partial charge in [0, 0.05) is 25.8 Å². The van der Waals surface area contributed by atoms with Gasteiger partial charge in [0.15, 0.2) is 0 Å². The van der Waals surface area contributed by atoms with Crippen molar-refractivity contribution in [3.63, 3.8) is 0 Å². The van der Waals surface area contributed by atoms with Crippen LogP contribution in [0.4, 0.5) is 0 Å². The largest absolute Gasteiger partial charge is 0.822 e. The molecule has 0 unspecified atom stereocenters. The van der Waals surface area contributed by atoms with Gasteiger partial charge in [-0.3, -0.25) is 0 Å². The van der Waals surface area contributed by atoms with Crippen molar-refractivity contribution in [2.45, 2.75) is 0 Å². The Labute approximate surface area is 53.2 Å². The van der Waals surface area contributed by atoms with Crippen molar-refractivity contribution >= 4 is 7.82 Å². The molecule has 0 aromatic carbocycles. The van der Waals surface area contributed by atoms with Crippen molar-refractivity contribution in [1.29, 1.82) is 0 Å². The monoisotopic (exact) mass is 140 g/mol. The summed E-state index contributed by atoms with van der Waals surface area (Å²) in [4.78, 5) is 25.6. The van der Waals surface area contributed by atoms with Crippen LogP contribution in [0.2, 0.25) is 0 Å². The van der Waals surface area contributed by atoms with Gasteiger partial charge in [-0.15, -0.1) is 0 Å². The first kappa shape index (κ1) is 10.1. The fourth-order valence-electron chi connectivity index (χ4n) is 0. The second kappa shape index (κ2) is 3.04. The van der Waals surface area contributed by atoms with Crippen LogP contribution < -0.4 is 14.7 Å². The molecule has 0 rings (SSSR count). The molecule has 0 aromatic heterocycles. The molecule has 0 spiro atoms. The Balaban J connectivity index is 0. The van der Waals surface area contributed by atoms with E-state index in [1.54, 1.807) is 0 Å². The number of hydrogen-bond acceptors (Lipinski definition) is 4. The zero-order valence-corrected chi connectivity index (χ0v) is 5.36. The van der Waals surface area contributed by atoms with Crippen LogP contribution in [0.3, 0.4) is 0 Å². The molecule has 0 aromatic rings. The Bertz CT molecular complexity index is 53.7. The van der Waals surface area contributed by atoms with Crippen LogP contribution in [0.1, 0.15) is 0 Å². The van der Waals surface area contributed by atoms with E-state index in [2.05, 4.69) is 0 Å². The molecule has 0 bridgehead atoms. The molecule has 35 valence electrons. The van der Waals surface area contributed by atoms with E-state index in [0.717, 1.165) is 0 Å². The topological polar surface area (TPSA) is 86.2 Å². The molecule has 0 heterocycles. The first-order chi connectivity index (χ1) is 2.00. The van der Waals surface area contributed by atoms with Gasteiger partial charge in [0.05, 0.1) is 0 Å². The van der Waals surface area contributed by atoms with Gasteiger partial charge >= 0.3 is 0 Å². The third-order valence-corrected chi connectivity index (χ3v) is 0. The molecular formula is O4PSc-3. The van der Waals surface area contributed by atoms with Crippen LogP contribution in [0.15, 0.2) is 0 Å². The molecule has 0 aliphatic rings. The van der Waals surface area contributed by atoms with Crippen molar-refractivity contribution < 1.29 is 45.1 Å². The van der Waals surface area contributed by atoms with Gasteiger partial charge in [-0.25, -0.2) is 0 Å². The molecule has 4 nitrogen and oxygen atoms in total. The van der Waals surface area contributed by atoms with Crippen molar-refractivity contribution in [2.75, 3.05) is 0 Å². The van der Waals surface area contributed by atoms with Crippen molar-refractivity contribution in [3.05, 3.63) is 0 Å². The SMILES string of the molecule is O=P([O-])([O-])[O-].[Sc]. The van der Waals surface area contributed by atoms with Crippen LogP contribution in [-0.2, 0) is 30.4 Å². The average Bonchev–Trinajstić information content (AvgIpc) is 0.722. The number of rotatable bonds is 0. The van der Waals surface area contributed by atoms with Crippen LogP contribution in [0.5, 0.6) is 0 Å². The molecule has 0 aliphatic carbocycles. The first-order valence-electron chi connectivity index (χ1n) is 0.730. The molecule has 0 fully saturated rings. The van der Waals surface area contributed by atoms with Crippen molar-refractivity contribution in [1.82, 2.24) is 0 Å². The smallest absolute Gasteiger partial charge is 0 e. The van der Waals surface area contributed by atoms with Crippen LogP contribution >= 0.6 is 7.82 Å². The van der Waals surface area contributed by atoms with Gasteiger partial charge in [0.2, 0.25) is 0 Å². The maximum Gasteiger partial charge on any atom is 0 e. The van der Waals surface area contributed by atoms with E-state index in [4.69, 9.17) is 19.2 Å². The predicted octanol–water partition coefficient (Wildman–Crippen LogP) is -2.83. The van der Waals surface area contributed by atoms with E-state index < -0.39 is 7.82 Å². The summed E-state index contributed by atoms with van der Waals surface area (Å²) in [6.45, 7) is 0. The maximum atomic E-state index is 8.55. The summed E-state index contributed by atoms with van der Waals surface area (Å²) in [6, 6.07) is 0. The minimum absolute atomic E-state index is 0. The quantitative estimate of drug-likeness (QED) is 0.339. The van der Waals surface area contributed by atoms with Gasteiger partial charge < -0.3 is 19.2 Å². The number of hydrogen-bond donors (Lipinski definition) is 0. The van der Waals surface area contributed by atoms with Crippen molar-refractivity contribution in [2.24, 2.45) is 0 Å². The molecule has 1 radical (unpaired) electrons. The maximum absolute atomic E-state index is 8.55. The summed E-state index contributed by atoms with van der Waals surface area (Å²) >= 11 is 0. The Morgan fingerprint density at radius 1 is 1.17 bits per heavy atom. The molecule has 6 heteroatoms. The summed E-state index contributed by atoms with van der Waals surface area (Å²) in [5.74, 6) is 0. The van der Waals surface area contributed by atoms with Crippen molar-refractivity contribution in [3.8, 4) is 0 Å². The summed E-state index contributed by atoms with van der Waals surface area (Å²) in [7, 11) is -5.39. The second-order valence-corrected chi connectivity index (χ2v) is 1.34. The minimum atomic E-state index is -5.39. The Hall–Kier alpha value is 0.980. The van der Waals surface area contributed by atoms with Gasteiger partial charge in [0.1, 0.15) is 0 Å². The molecule has 0 amide bonds. The summed E-state index contributed by atoms with van der Waals surface area (Å²) in [6.07, 6.45) is 0. The number of phosphoric acid groups is 1. The zero-order chi connectivity index (χ0) is 4.50. The third kappa shape index (κ3) is 82.1. The zero-order valence-electron chi connectivity index (χ0n) is 2.66. The van der Waals surface area contributed by atoms with Gasteiger partial charge in [0.25, 0.3) is 0 Å².